The van der Waals surface area contributed by atoms with Crippen molar-refractivity contribution in [3.05, 3.63) is 40.4 Å². The van der Waals surface area contributed by atoms with Crippen LogP contribution in [0.15, 0.2) is 29.1 Å². The van der Waals surface area contributed by atoms with E-state index in [4.69, 9.17) is 0 Å². The van der Waals surface area contributed by atoms with Crippen molar-refractivity contribution in [1.82, 2.24) is 14.9 Å². The Morgan fingerprint density at radius 2 is 2.05 bits per heavy atom. The lowest BCUT2D eigenvalue weighted by Crippen LogP contribution is -2.32. The van der Waals surface area contributed by atoms with E-state index in [2.05, 4.69) is 35.6 Å². The third-order valence-corrected chi connectivity index (χ3v) is 3.26. The molecule has 1 aromatic carbocycles. The summed E-state index contributed by atoms with van der Waals surface area (Å²) < 4.78 is 0. The molecule has 1 N–H and O–H groups in total. The predicted molar refractivity (Wildman–Crippen MR) is 78.2 cm³/mol. The van der Waals surface area contributed by atoms with Crippen LogP contribution in [-0.4, -0.2) is 27.5 Å². The molecule has 0 unspecified atom stereocenters. The Bertz CT molecular complexity index is 604. The molecule has 0 saturated heterocycles. The summed E-state index contributed by atoms with van der Waals surface area (Å²) in [6, 6.07) is 7.89. The lowest BCUT2D eigenvalue weighted by molar-refractivity contribution is 0.208. The van der Waals surface area contributed by atoms with E-state index < -0.39 is 0 Å². The molecule has 2 rings (SSSR count). The Hall–Kier alpha value is -1.68. The van der Waals surface area contributed by atoms with Gasteiger partial charge in [0.1, 0.15) is 5.82 Å². The van der Waals surface area contributed by atoms with E-state index in [1.54, 1.807) is 6.07 Å². The van der Waals surface area contributed by atoms with E-state index in [9.17, 15) is 4.79 Å². The highest BCUT2D eigenvalue weighted by molar-refractivity contribution is 5.77. The second kappa shape index (κ2) is 5.97. The number of H-pyrrole nitrogens is 1. The zero-order valence-electron chi connectivity index (χ0n) is 11.8. The van der Waals surface area contributed by atoms with Crippen LogP contribution in [0.3, 0.4) is 0 Å². The van der Waals surface area contributed by atoms with Gasteiger partial charge in [-0.05, 0) is 38.9 Å². The summed E-state index contributed by atoms with van der Waals surface area (Å²) in [5.41, 5.74) is 0.710. The first kappa shape index (κ1) is 13.7. The number of aromatic nitrogens is 2. The fourth-order valence-electron chi connectivity index (χ4n) is 2.21. The molecule has 0 bridgehead atoms. The van der Waals surface area contributed by atoms with Gasteiger partial charge in [-0.15, -0.1) is 0 Å². The van der Waals surface area contributed by atoms with Gasteiger partial charge in [-0.3, -0.25) is 9.69 Å². The SMILES string of the molecule is CCCN(Cc1nc2ccccc2c(=O)[nH]1)C(C)C. The average molecular weight is 259 g/mol. The quantitative estimate of drug-likeness (QED) is 0.897. The summed E-state index contributed by atoms with van der Waals surface area (Å²) in [7, 11) is 0. The van der Waals surface area contributed by atoms with Gasteiger partial charge >= 0.3 is 0 Å². The van der Waals surface area contributed by atoms with Gasteiger partial charge in [0.15, 0.2) is 0 Å². The Morgan fingerprint density at radius 1 is 1.32 bits per heavy atom. The van der Waals surface area contributed by atoms with Crippen molar-refractivity contribution in [3.8, 4) is 0 Å². The normalized spacial score (nSPS) is 11.6. The molecule has 0 aliphatic rings. The van der Waals surface area contributed by atoms with E-state index in [0.717, 1.165) is 24.3 Å². The fourth-order valence-corrected chi connectivity index (χ4v) is 2.21. The van der Waals surface area contributed by atoms with Gasteiger partial charge in [-0.1, -0.05) is 19.1 Å². The second-order valence-electron chi connectivity index (χ2n) is 5.09. The van der Waals surface area contributed by atoms with Crippen molar-refractivity contribution < 1.29 is 0 Å². The fraction of sp³-hybridized carbons (Fsp3) is 0.467. The first-order valence-corrected chi connectivity index (χ1v) is 6.83. The Labute approximate surface area is 113 Å². The molecule has 1 aromatic heterocycles. The highest BCUT2D eigenvalue weighted by Crippen LogP contribution is 2.09. The maximum absolute atomic E-state index is 12.0. The van der Waals surface area contributed by atoms with Crippen molar-refractivity contribution in [2.45, 2.75) is 39.8 Å². The van der Waals surface area contributed by atoms with Gasteiger partial charge in [-0.2, -0.15) is 0 Å². The molecular formula is C15H21N3O. The average Bonchev–Trinajstić information content (AvgIpc) is 2.38. The number of aromatic amines is 1. The minimum absolute atomic E-state index is 0.0548. The van der Waals surface area contributed by atoms with Crippen LogP contribution >= 0.6 is 0 Å². The molecule has 0 aliphatic heterocycles. The number of hydrogen-bond donors (Lipinski definition) is 1. The van der Waals surface area contributed by atoms with Gasteiger partial charge < -0.3 is 4.98 Å². The van der Waals surface area contributed by atoms with Crippen LogP contribution in [0.25, 0.3) is 10.9 Å². The van der Waals surface area contributed by atoms with Gasteiger partial charge in [0.25, 0.3) is 5.56 Å². The molecule has 0 aliphatic carbocycles. The molecule has 102 valence electrons. The number of para-hydroxylation sites is 1. The second-order valence-corrected chi connectivity index (χ2v) is 5.09. The van der Waals surface area contributed by atoms with Crippen LogP contribution in [0.5, 0.6) is 0 Å². The van der Waals surface area contributed by atoms with Crippen LogP contribution in [0.1, 0.15) is 33.0 Å². The summed E-state index contributed by atoms with van der Waals surface area (Å²) in [4.78, 5) is 21.7. The molecule has 2 aromatic rings. The van der Waals surface area contributed by atoms with Crippen LogP contribution in [0.4, 0.5) is 0 Å². The molecule has 1 heterocycles. The van der Waals surface area contributed by atoms with Gasteiger partial charge in [-0.25, -0.2) is 4.98 Å². The lowest BCUT2D eigenvalue weighted by atomic mass is 10.2. The summed E-state index contributed by atoms with van der Waals surface area (Å²) in [6.07, 6.45) is 1.09. The zero-order chi connectivity index (χ0) is 13.8. The predicted octanol–water partition coefficient (Wildman–Crippen LogP) is 2.54. The zero-order valence-corrected chi connectivity index (χ0v) is 11.8. The van der Waals surface area contributed by atoms with Crippen LogP contribution < -0.4 is 5.56 Å². The molecule has 0 radical (unpaired) electrons. The monoisotopic (exact) mass is 259 g/mol. The molecule has 0 spiro atoms. The number of fused-ring (bicyclic) bond motifs is 1. The maximum atomic E-state index is 12.0. The molecule has 0 amide bonds. The molecule has 4 heteroatoms. The van der Waals surface area contributed by atoms with Crippen molar-refractivity contribution in [2.75, 3.05) is 6.54 Å². The summed E-state index contributed by atoms with van der Waals surface area (Å²) >= 11 is 0. The molecule has 19 heavy (non-hydrogen) atoms. The number of hydrogen-bond acceptors (Lipinski definition) is 3. The van der Waals surface area contributed by atoms with Crippen LogP contribution in [0, 0.1) is 0 Å². The van der Waals surface area contributed by atoms with Crippen molar-refractivity contribution in [2.24, 2.45) is 0 Å². The Balaban J connectivity index is 2.32. The molecule has 0 fully saturated rings. The van der Waals surface area contributed by atoms with Crippen LogP contribution in [-0.2, 0) is 6.54 Å². The number of nitrogens with zero attached hydrogens (tertiary/aromatic N) is 2. The van der Waals surface area contributed by atoms with E-state index >= 15 is 0 Å². The molecule has 0 atom stereocenters. The molecule has 0 saturated carbocycles. The van der Waals surface area contributed by atoms with E-state index in [0.29, 0.717) is 18.0 Å². The molecule has 4 nitrogen and oxygen atoms in total. The Kier molecular flexibility index (Phi) is 4.32. The summed E-state index contributed by atoms with van der Waals surface area (Å²) in [6.45, 7) is 8.18. The van der Waals surface area contributed by atoms with Crippen molar-refractivity contribution in [1.29, 1.82) is 0 Å². The highest BCUT2D eigenvalue weighted by Gasteiger charge is 2.11. The Morgan fingerprint density at radius 3 is 2.74 bits per heavy atom. The van der Waals surface area contributed by atoms with Crippen molar-refractivity contribution in [3.63, 3.8) is 0 Å². The minimum Gasteiger partial charge on any atom is -0.309 e. The number of rotatable bonds is 5. The topological polar surface area (TPSA) is 49.0 Å². The standard InChI is InChI=1S/C15H21N3O/c1-4-9-18(11(2)3)10-14-16-13-8-6-5-7-12(13)15(19)17-14/h5-8,11H,4,9-10H2,1-3H3,(H,16,17,19). The number of nitrogens with one attached hydrogen (secondary N) is 1. The van der Waals surface area contributed by atoms with Gasteiger partial charge in [0.05, 0.1) is 17.4 Å². The first-order valence-electron chi connectivity index (χ1n) is 6.83. The van der Waals surface area contributed by atoms with Crippen LogP contribution in [0.2, 0.25) is 0 Å². The van der Waals surface area contributed by atoms with E-state index in [1.807, 2.05) is 18.2 Å². The third-order valence-electron chi connectivity index (χ3n) is 3.26. The number of benzene rings is 1. The third kappa shape index (κ3) is 3.20. The maximum Gasteiger partial charge on any atom is 0.258 e. The highest BCUT2D eigenvalue weighted by atomic mass is 16.1. The summed E-state index contributed by atoms with van der Waals surface area (Å²) in [5.74, 6) is 0.742. The lowest BCUT2D eigenvalue weighted by Gasteiger charge is -2.25. The van der Waals surface area contributed by atoms with Gasteiger partial charge in [0, 0.05) is 6.04 Å². The minimum atomic E-state index is -0.0548. The van der Waals surface area contributed by atoms with E-state index in [1.165, 1.54) is 0 Å². The summed E-state index contributed by atoms with van der Waals surface area (Å²) in [5, 5.41) is 0.651. The van der Waals surface area contributed by atoms with Gasteiger partial charge in [0.2, 0.25) is 0 Å². The molecular weight excluding hydrogens is 238 g/mol. The smallest absolute Gasteiger partial charge is 0.258 e. The van der Waals surface area contributed by atoms with Crippen molar-refractivity contribution >= 4 is 10.9 Å². The first-order chi connectivity index (χ1) is 9.11. The van der Waals surface area contributed by atoms with E-state index in [-0.39, 0.29) is 5.56 Å². The largest absolute Gasteiger partial charge is 0.309 e.